The molecule has 1 aromatic heterocycles. The van der Waals surface area contributed by atoms with E-state index in [1.54, 1.807) is 0 Å². The van der Waals surface area contributed by atoms with E-state index in [0.29, 0.717) is 0 Å². The molecule has 0 aliphatic carbocycles. The summed E-state index contributed by atoms with van der Waals surface area (Å²) in [6.45, 7) is 0. The minimum atomic E-state index is -0.551. The number of methoxy groups -OCH3 is 2. The molecule has 5 heteroatoms. The fraction of sp³-hybridized carbons (Fsp3) is 0.250. The number of rotatable bonds is 2. The van der Waals surface area contributed by atoms with E-state index in [2.05, 4.69) is 9.72 Å². The topological polar surface area (TPSA) is 68.7 Å². The molecule has 0 bridgehead atoms. The van der Waals surface area contributed by atoms with Crippen molar-refractivity contribution in [2.75, 3.05) is 14.2 Å². The van der Waals surface area contributed by atoms with Crippen LogP contribution in [0.5, 0.6) is 11.6 Å². The zero-order valence-electron chi connectivity index (χ0n) is 7.27. The van der Waals surface area contributed by atoms with Crippen molar-refractivity contribution in [2.24, 2.45) is 0 Å². The molecule has 5 nitrogen and oxygen atoms in total. The zero-order chi connectivity index (χ0) is 9.84. The number of carbonyl (C=O) groups excluding carboxylic acids is 1. The fourth-order valence-electron chi connectivity index (χ4n) is 0.827. The van der Waals surface area contributed by atoms with Crippen molar-refractivity contribution >= 4 is 5.97 Å². The Labute approximate surface area is 74.9 Å². The molecule has 0 unspecified atom stereocenters. The van der Waals surface area contributed by atoms with Crippen LogP contribution in [-0.2, 0) is 4.74 Å². The first kappa shape index (κ1) is 9.31. The molecule has 0 saturated carbocycles. The number of aromatic hydroxyl groups is 1. The molecule has 1 heterocycles. The number of hydrogen-bond acceptors (Lipinski definition) is 5. The average Bonchev–Trinajstić information content (AvgIpc) is 2.16. The lowest BCUT2D eigenvalue weighted by molar-refractivity contribution is 0.0599. The molecule has 1 N–H and O–H groups in total. The number of ether oxygens (including phenoxy) is 2. The summed E-state index contributed by atoms with van der Waals surface area (Å²) in [5.74, 6) is -0.663. The van der Waals surface area contributed by atoms with Crippen molar-refractivity contribution in [2.45, 2.75) is 0 Å². The van der Waals surface area contributed by atoms with Gasteiger partial charge in [-0.2, -0.15) is 0 Å². The maximum Gasteiger partial charge on any atom is 0.339 e. The molecule has 0 aliphatic heterocycles. The van der Waals surface area contributed by atoms with Crippen molar-refractivity contribution in [1.82, 2.24) is 4.98 Å². The van der Waals surface area contributed by atoms with Gasteiger partial charge in [0.25, 0.3) is 5.88 Å². The molecule has 0 radical (unpaired) electrons. The largest absolute Gasteiger partial charge is 0.503 e. The third kappa shape index (κ3) is 1.87. The minimum Gasteiger partial charge on any atom is -0.503 e. The second-order valence-electron chi connectivity index (χ2n) is 2.24. The van der Waals surface area contributed by atoms with Crippen molar-refractivity contribution in [1.29, 1.82) is 0 Å². The molecule has 0 amide bonds. The van der Waals surface area contributed by atoms with Gasteiger partial charge in [0.2, 0.25) is 0 Å². The van der Waals surface area contributed by atoms with Gasteiger partial charge in [0, 0.05) is 12.3 Å². The van der Waals surface area contributed by atoms with Gasteiger partial charge < -0.3 is 14.6 Å². The van der Waals surface area contributed by atoms with Gasteiger partial charge in [-0.15, -0.1) is 0 Å². The quantitative estimate of drug-likeness (QED) is 0.679. The van der Waals surface area contributed by atoms with E-state index >= 15 is 0 Å². The zero-order valence-corrected chi connectivity index (χ0v) is 7.27. The molecule has 0 fully saturated rings. The average molecular weight is 183 g/mol. The maximum atomic E-state index is 11.0. The van der Waals surface area contributed by atoms with Crippen molar-refractivity contribution in [3.63, 3.8) is 0 Å². The Kier molecular flexibility index (Phi) is 2.69. The fourth-order valence-corrected chi connectivity index (χ4v) is 0.827. The van der Waals surface area contributed by atoms with E-state index in [1.165, 1.54) is 26.5 Å². The molecular formula is C8H9NO4. The number of aromatic nitrogens is 1. The maximum absolute atomic E-state index is 11.0. The monoisotopic (exact) mass is 183 g/mol. The van der Waals surface area contributed by atoms with Crippen LogP contribution in [0.4, 0.5) is 0 Å². The van der Waals surface area contributed by atoms with Crippen molar-refractivity contribution in [3.8, 4) is 11.6 Å². The lowest BCUT2D eigenvalue weighted by Crippen LogP contribution is -2.02. The molecule has 1 aromatic rings. The molecular weight excluding hydrogens is 174 g/mol. The van der Waals surface area contributed by atoms with Gasteiger partial charge in [-0.05, 0) is 0 Å². The van der Waals surface area contributed by atoms with Crippen LogP contribution in [0.15, 0.2) is 12.3 Å². The second kappa shape index (κ2) is 3.75. The number of carbonyl (C=O) groups is 1. The summed E-state index contributed by atoms with van der Waals surface area (Å²) in [5, 5.41) is 9.24. The van der Waals surface area contributed by atoms with E-state index in [4.69, 9.17) is 4.74 Å². The van der Waals surface area contributed by atoms with Crippen LogP contribution in [0, 0.1) is 0 Å². The summed E-state index contributed by atoms with van der Waals surface area (Å²) in [4.78, 5) is 14.6. The van der Waals surface area contributed by atoms with Crippen LogP contribution in [-0.4, -0.2) is 30.3 Å². The predicted octanol–water partition coefficient (Wildman–Crippen LogP) is 0.582. The number of hydrogen-bond donors (Lipinski definition) is 1. The van der Waals surface area contributed by atoms with Gasteiger partial charge in [-0.1, -0.05) is 0 Å². The van der Waals surface area contributed by atoms with Gasteiger partial charge >= 0.3 is 5.97 Å². The first-order chi connectivity index (χ1) is 6.19. The molecule has 0 atom stereocenters. The van der Waals surface area contributed by atoms with Crippen molar-refractivity contribution < 1.29 is 19.4 Å². The van der Waals surface area contributed by atoms with Crippen LogP contribution in [0.25, 0.3) is 0 Å². The van der Waals surface area contributed by atoms with Gasteiger partial charge in [0.15, 0.2) is 5.75 Å². The van der Waals surface area contributed by atoms with Crippen LogP contribution < -0.4 is 4.74 Å². The lowest BCUT2D eigenvalue weighted by Gasteiger charge is -2.03. The second-order valence-corrected chi connectivity index (χ2v) is 2.24. The minimum absolute atomic E-state index is 0.0765. The highest BCUT2D eigenvalue weighted by Gasteiger charge is 2.10. The Hall–Kier alpha value is -1.78. The Morgan fingerprint density at radius 3 is 2.69 bits per heavy atom. The number of pyridine rings is 1. The Bertz CT molecular complexity index is 324. The Balaban J connectivity index is 3.02. The standard InChI is InChI=1S/C8H9NO4/c1-12-7-6(10)3-5(4-9-7)8(11)13-2/h3-4,10H,1-2H3. The van der Waals surface area contributed by atoms with Gasteiger partial charge in [-0.3, -0.25) is 0 Å². The van der Waals surface area contributed by atoms with E-state index in [9.17, 15) is 9.90 Å². The van der Waals surface area contributed by atoms with Crippen molar-refractivity contribution in [3.05, 3.63) is 17.8 Å². The molecule has 0 saturated heterocycles. The van der Waals surface area contributed by atoms with E-state index in [0.717, 1.165) is 0 Å². The van der Waals surface area contributed by atoms with Crippen LogP contribution in [0.2, 0.25) is 0 Å². The van der Waals surface area contributed by atoms with E-state index < -0.39 is 5.97 Å². The van der Waals surface area contributed by atoms with E-state index in [1.807, 2.05) is 0 Å². The molecule has 0 aliphatic rings. The number of esters is 1. The SMILES string of the molecule is COC(=O)c1cnc(OC)c(O)c1. The molecule has 13 heavy (non-hydrogen) atoms. The van der Waals surface area contributed by atoms with Gasteiger partial charge in [0.05, 0.1) is 19.8 Å². The first-order valence-corrected chi connectivity index (χ1v) is 3.50. The van der Waals surface area contributed by atoms with Gasteiger partial charge in [-0.25, -0.2) is 9.78 Å². The van der Waals surface area contributed by atoms with Crippen LogP contribution in [0.1, 0.15) is 10.4 Å². The van der Waals surface area contributed by atoms with Crippen LogP contribution in [0.3, 0.4) is 0 Å². The summed E-state index contributed by atoms with van der Waals surface area (Å²) in [7, 11) is 2.63. The Morgan fingerprint density at radius 2 is 2.23 bits per heavy atom. The highest BCUT2D eigenvalue weighted by molar-refractivity contribution is 5.89. The summed E-state index contributed by atoms with van der Waals surface area (Å²) in [6, 6.07) is 1.23. The normalized spacial score (nSPS) is 9.38. The number of nitrogens with zero attached hydrogens (tertiary/aromatic N) is 1. The summed E-state index contributed by atoms with van der Waals surface area (Å²) >= 11 is 0. The van der Waals surface area contributed by atoms with Gasteiger partial charge in [0.1, 0.15) is 0 Å². The molecule has 0 spiro atoms. The molecule has 0 aromatic carbocycles. The third-order valence-corrected chi connectivity index (χ3v) is 1.45. The smallest absolute Gasteiger partial charge is 0.339 e. The third-order valence-electron chi connectivity index (χ3n) is 1.45. The lowest BCUT2D eigenvalue weighted by atomic mass is 10.3. The predicted molar refractivity (Wildman–Crippen MR) is 43.8 cm³/mol. The first-order valence-electron chi connectivity index (χ1n) is 3.50. The van der Waals surface area contributed by atoms with Crippen LogP contribution >= 0.6 is 0 Å². The highest BCUT2D eigenvalue weighted by atomic mass is 16.5. The Morgan fingerprint density at radius 1 is 1.54 bits per heavy atom. The highest BCUT2D eigenvalue weighted by Crippen LogP contribution is 2.22. The summed E-state index contributed by atoms with van der Waals surface area (Å²) < 4.78 is 9.13. The molecule has 1 rings (SSSR count). The summed E-state index contributed by atoms with van der Waals surface area (Å²) in [5.41, 5.74) is 0.181. The van der Waals surface area contributed by atoms with E-state index in [-0.39, 0.29) is 17.2 Å². The molecule has 70 valence electrons. The summed E-state index contributed by atoms with van der Waals surface area (Å²) in [6.07, 6.45) is 1.27.